The van der Waals surface area contributed by atoms with E-state index < -0.39 is 6.10 Å². The molecule has 2 rings (SSSR count). The predicted octanol–water partition coefficient (Wildman–Crippen LogP) is 1.01. The van der Waals surface area contributed by atoms with Gasteiger partial charge < -0.3 is 5.11 Å². The van der Waals surface area contributed by atoms with Gasteiger partial charge in [0.25, 0.3) is 0 Å². The van der Waals surface area contributed by atoms with E-state index in [0.717, 1.165) is 10.4 Å². The fourth-order valence-corrected chi connectivity index (χ4v) is 1.52. The molecule has 2 aromatic heterocycles. The predicted molar refractivity (Wildman–Crippen MR) is 48.2 cm³/mol. The SMILES string of the molecule is OC(c1cccnc1)c1cnns1. The summed E-state index contributed by atoms with van der Waals surface area (Å²) in [4.78, 5) is 4.65. The van der Waals surface area contributed by atoms with Crippen molar-refractivity contribution in [3.05, 3.63) is 41.2 Å². The van der Waals surface area contributed by atoms with Gasteiger partial charge in [0.1, 0.15) is 6.10 Å². The van der Waals surface area contributed by atoms with Gasteiger partial charge in [-0.15, -0.1) is 5.10 Å². The van der Waals surface area contributed by atoms with Crippen molar-refractivity contribution < 1.29 is 5.11 Å². The molecule has 1 unspecified atom stereocenters. The van der Waals surface area contributed by atoms with Gasteiger partial charge in [-0.1, -0.05) is 10.6 Å². The summed E-state index contributed by atoms with van der Waals surface area (Å²) in [6.07, 6.45) is 4.20. The lowest BCUT2D eigenvalue weighted by atomic mass is 10.1. The van der Waals surface area contributed by atoms with Crippen molar-refractivity contribution >= 4 is 11.5 Å². The highest BCUT2D eigenvalue weighted by atomic mass is 32.1. The molecule has 13 heavy (non-hydrogen) atoms. The van der Waals surface area contributed by atoms with Crippen LogP contribution in [-0.4, -0.2) is 19.7 Å². The Morgan fingerprint density at radius 1 is 1.38 bits per heavy atom. The highest BCUT2D eigenvalue weighted by Gasteiger charge is 2.11. The molecule has 0 saturated heterocycles. The van der Waals surface area contributed by atoms with E-state index in [4.69, 9.17) is 0 Å². The normalized spacial score (nSPS) is 12.7. The third-order valence-corrected chi connectivity index (χ3v) is 2.36. The average molecular weight is 193 g/mol. The van der Waals surface area contributed by atoms with Crippen LogP contribution in [0.25, 0.3) is 0 Å². The van der Waals surface area contributed by atoms with E-state index in [1.165, 1.54) is 11.5 Å². The Morgan fingerprint density at radius 3 is 2.92 bits per heavy atom. The first-order chi connectivity index (χ1) is 6.38. The first-order valence-corrected chi connectivity index (χ1v) is 4.50. The summed E-state index contributed by atoms with van der Waals surface area (Å²) < 4.78 is 3.68. The average Bonchev–Trinajstić information content (AvgIpc) is 2.71. The summed E-state index contributed by atoms with van der Waals surface area (Å²) in [5, 5.41) is 13.4. The molecule has 4 nitrogen and oxygen atoms in total. The zero-order valence-electron chi connectivity index (χ0n) is 6.66. The second kappa shape index (κ2) is 3.59. The van der Waals surface area contributed by atoms with Gasteiger partial charge in [0.15, 0.2) is 0 Å². The largest absolute Gasteiger partial charge is 0.383 e. The molecule has 0 saturated carbocycles. The molecule has 2 aromatic rings. The van der Waals surface area contributed by atoms with Gasteiger partial charge in [-0.25, -0.2) is 0 Å². The molecule has 0 radical (unpaired) electrons. The molecule has 0 spiro atoms. The number of nitrogens with zero attached hydrogens (tertiary/aromatic N) is 3. The quantitative estimate of drug-likeness (QED) is 0.773. The van der Waals surface area contributed by atoms with E-state index in [1.54, 1.807) is 24.7 Å². The monoisotopic (exact) mass is 193 g/mol. The molecule has 0 fully saturated rings. The van der Waals surface area contributed by atoms with Gasteiger partial charge in [-0.05, 0) is 17.6 Å². The summed E-state index contributed by atoms with van der Waals surface area (Å²) in [6, 6.07) is 3.60. The minimum Gasteiger partial charge on any atom is -0.383 e. The van der Waals surface area contributed by atoms with Gasteiger partial charge in [-0.3, -0.25) is 4.98 Å². The second-order valence-corrected chi connectivity index (χ2v) is 3.33. The van der Waals surface area contributed by atoms with E-state index in [2.05, 4.69) is 14.6 Å². The zero-order chi connectivity index (χ0) is 9.10. The Labute approximate surface area is 79.1 Å². The number of aromatic nitrogens is 3. The van der Waals surface area contributed by atoms with Crippen molar-refractivity contribution in [3.8, 4) is 0 Å². The van der Waals surface area contributed by atoms with Crippen molar-refractivity contribution in [3.63, 3.8) is 0 Å². The van der Waals surface area contributed by atoms with Gasteiger partial charge >= 0.3 is 0 Å². The third-order valence-electron chi connectivity index (χ3n) is 1.65. The van der Waals surface area contributed by atoms with E-state index in [1.807, 2.05) is 6.07 Å². The van der Waals surface area contributed by atoms with Crippen LogP contribution in [0.15, 0.2) is 30.7 Å². The number of aliphatic hydroxyl groups excluding tert-OH is 1. The Hall–Kier alpha value is -1.33. The Morgan fingerprint density at radius 2 is 2.31 bits per heavy atom. The second-order valence-electron chi connectivity index (χ2n) is 2.51. The van der Waals surface area contributed by atoms with E-state index in [0.29, 0.717) is 0 Å². The molecule has 0 aliphatic carbocycles. The highest BCUT2D eigenvalue weighted by molar-refractivity contribution is 7.05. The maximum atomic E-state index is 9.77. The molecule has 1 atom stereocenters. The van der Waals surface area contributed by atoms with Crippen molar-refractivity contribution in [2.45, 2.75) is 6.10 Å². The van der Waals surface area contributed by atoms with Crippen molar-refractivity contribution in [2.75, 3.05) is 0 Å². The Balaban J connectivity index is 2.29. The van der Waals surface area contributed by atoms with Gasteiger partial charge in [0, 0.05) is 18.0 Å². The van der Waals surface area contributed by atoms with Crippen LogP contribution in [-0.2, 0) is 0 Å². The smallest absolute Gasteiger partial charge is 0.118 e. The molecule has 0 aromatic carbocycles. The fourth-order valence-electron chi connectivity index (χ4n) is 0.997. The van der Waals surface area contributed by atoms with Crippen LogP contribution in [0.1, 0.15) is 16.5 Å². The van der Waals surface area contributed by atoms with Crippen molar-refractivity contribution in [2.24, 2.45) is 0 Å². The first kappa shape index (κ1) is 8.28. The molecule has 1 N–H and O–H groups in total. The molecular formula is C8H7N3OS. The zero-order valence-corrected chi connectivity index (χ0v) is 7.48. The summed E-state index contributed by atoms with van der Waals surface area (Å²) in [5.74, 6) is 0. The Bertz CT molecular complexity index is 362. The number of aliphatic hydroxyl groups is 1. The van der Waals surface area contributed by atoms with Crippen LogP contribution >= 0.6 is 11.5 Å². The lowest BCUT2D eigenvalue weighted by molar-refractivity contribution is 0.223. The minimum atomic E-state index is -0.659. The first-order valence-electron chi connectivity index (χ1n) is 3.73. The molecule has 5 heteroatoms. The van der Waals surface area contributed by atoms with Crippen LogP contribution < -0.4 is 0 Å². The van der Waals surface area contributed by atoms with Crippen molar-refractivity contribution in [1.82, 2.24) is 14.6 Å². The molecular weight excluding hydrogens is 186 g/mol. The number of rotatable bonds is 2. The molecule has 0 bridgehead atoms. The Kier molecular flexibility index (Phi) is 2.29. The number of hydrogen-bond acceptors (Lipinski definition) is 5. The van der Waals surface area contributed by atoms with E-state index in [-0.39, 0.29) is 0 Å². The summed E-state index contributed by atoms with van der Waals surface area (Å²) >= 11 is 1.19. The van der Waals surface area contributed by atoms with E-state index >= 15 is 0 Å². The minimum absolute atomic E-state index is 0.659. The molecule has 0 aliphatic heterocycles. The summed E-state index contributed by atoms with van der Waals surface area (Å²) in [6.45, 7) is 0. The summed E-state index contributed by atoms with van der Waals surface area (Å²) in [5.41, 5.74) is 0.758. The van der Waals surface area contributed by atoms with Crippen LogP contribution in [0.5, 0.6) is 0 Å². The fraction of sp³-hybridized carbons (Fsp3) is 0.125. The maximum Gasteiger partial charge on any atom is 0.118 e. The molecule has 2 heterocycles. The maximum absolute atomic E-state index is 9.77. The molecule has 0 amide bonds. The standard InChI is InChI=1S/C8H7N3OS/c12-8(7-5-10-11-13-7)6-2-1-3-9-4-6/h1-5,8,12H. The van der Waals surface area contributed by atoms with Crippen LogP contribution in [0.4, 0.5) is 0 Å². The highest BCUT2D eigenvalue weighted by Crippen LogP contribution is 2.22. The van der Waals surface area contributed by atoms with Crippen molar-refractivity contribution in [1.29, 1.82) is 0 Å². The van der Waals surface area contributed by atoms with Crippen LogP contribution in [0.2, 0.25) is 0 Å². The van der Waals surface area contributed by atoms with Gasteiger partial charge in [0.05, 0.1) is 11.1 Å². The third kappa shape index (κ3) is 1.71. The van der Waals surface area contributed by atoms with Crippen LogP contribution in [0, 0.1) is 0 Å². The number of hydrogen-bond donors (Lipinski definition) is 1. The van der Waals surface area contributed by atoms with Crippen LogP contribution in [0.3, 0.4) is 0 Å². The lowest BCUT2D eigenvalue weighted by Crippen LogP contribution is -1.96. The summed E-state index contributed by atoms with van der Waals surface area (Å²) in [7, 11) is 0. The van der Waals surface area contributed by atoms with E-state index in [9.17, 15) is 5.11 Å². The van der Waals surface area contributed by atoms with Gasteiger partial charge in [-0.2, -0.15) is 0 Å². The topological polar surface area (TPSA) is 58.9 Å². The number of pyridine rings is 1. The molecule has 66 valence electrons. The molecule has 0 aliphatic rings. The lowest BCUT2D eigenvalue weighted by Gasteiger charge is -2.05. The van der Waals surface area contributed by atoms with Gasteiger partial charge in [0.2, 0.25) is 0 Å².